The second-order valence-electron chi connectivity index (χ2n) is 7.21. The highest BCUT2D eigenvalue weighted by Crippen LogP contribution is 2.37. The molecule has 4 aromatic heterocycles. The van der Waals surface area contributed by atoms with Crippen LogP contribution < -0.4 is 5.32 Å². The van der Waals surface area contributed by atoms with Crippen LogP contribution in [0.5, 0.6) is 0 Å². The minimum atomic E-state index is -4.84. The van der Waals surface area contributed by atoms with E-state index < -0.39 is 41.9 Å². The topological polar surface area (TPSA) is 117 Å². The van der Waals surface area contributed by atoms with Crippen LogP contribution in [-0.4, -0.2) is 41.7 Å². The fourth-order valence-corrected chi connectivity index (χ4v) is 3.12. The van der Waals surface area contributed by atoms with Gasteiger partial charge in [0, 0.05) is 18.0 Å². The van der Waals surface area contributed by atoms with Gasteiger partial charge in [0.2, 0.25) is 0 Å². The lowest BCUT2D eigenvalue weighted by atomic mass is 10.0. The fourth-order valence-electron chi connectivity index (χ4n) is 3.12. The van der Waals surface area contributed by atoms with Crippen LogP contribution in [0.4, 0.5) is 38.0 Å². The number of rotatable bonds is 5. The quantitative estimate of drug-likeness (QED) is 0.351. The molecule has 0 amide bonds. The third-order valence-electron chi connectivity index (χ3n) is 4.85. The van der Waals surface area contributed by atoms with Gasteiger partial charge in [-0.25, -0.2) is 19.9 Å². The summed E-state index contributed by atoms with van der Waals surface area (Å²) in [6.45, 7) is -0.785. The summed E-state index contributed by atoms with van der Waals surface area (Å²) < 4.78 is 79.2. The summed E-state index contributed by atoms with van der Waals surface area (Å²) in [4.78, 5) is 19.6. The molecule has 4 rings (SSSR count). The molecule has 0 unspecified atom stereocenters. The van der Waals surface area contributed by atoms with Gasteiger partial charge >= 0.3 is 12.4 Å². The van der Waals surface area contributed by atoms with Gasteiger partial charge in [0.25, 0.3) is 0 Å². The highest BCUT2D eigenvalue weighted by molar-refractivity contribution is 5.89. The van der Waals surface area contributed by atoms with Crippen molar-refractivity contribution < 1.29 is 36.6 Å². The number of aliphatic hydroxyl groups is 2. The van der Waals surface area contributed by atoms with Gasteiger partial charge in [-0.3, -0.25) is 4.98 Å². The van der Waals surface area contributed by atoms with Gasteiger partial charge in [0.1, 0.15) is 29.8 Å². The first-order valence-corrected chi connectivity index (χ1v) is 9.76. The zero-order valence-electron chi connectivity index (χ0n) is 17.3. The van der Waals surface area contributed by atoms with Crippen LogP contribution in [-0.2, 0) is 12.4 Å². The van der Waals surface area contributed by atoms with Crippen LogP contribution in [0, 0.1) is 0 Å². The molecule has 8 nitrogen and oxygen atoms in total. The number of nitrogens with zero attached hydrogens (tertiary/aromatic N) is 5. The number of pyridine rings is 3. The van der Waals surface area contributed by atoms with E-state index in [1.54, 1.807) is 0 Å². The minimum Gasteiger partial charge on any atom is -0.393 e. The van der Waals surface area contributed by atoms with E-state index in [1.165, 1.54) is 12.1 Å². The molecule has 14 heteroatoms. The Morgan fingerprint density at radius 3 is 2.29 bits per heavy atom. The Labute approximate surface area is 192 Å². The first-order valence-electron chi connectivity index (χ1n) is 9.76. The van der Waals surface area contributed by atoms with E-state index in [9.17, 15) is 31.4 Å². The third kappa shape index (κ3) is 5.12. The second-order valence-corrected chi connectivity index (χ2v) is 7.21. The maximum Gasteiger partial charge on any atom is 0.418 e. The molecule has 1 atom stereocenters. The molecule has 182 valence electrons. The molecule has 0 aliphatic heterocycles. The molecular formula is C21H14F6N6O2. The maximum atomic E-state index is 13.7. The molecule has 35 heavy (non-hydrogen) atoms. The first-order chi connectivity index (χ1) is 16.5. The van der Waals surface area contributed by atoms with Crippen molar-refractivity contribution in [3.8, 4) is 11.4 Å². The Hall–Kier alpha value is -3.91. The molecule has 4 aromatic rings. The van der Waals surface area contributed by atoms with Crippen LogP contribution in [0.2, 0.25) is 0 Å². The molecule has 4 heterocycles. The van der Waals surface area contributed by atoms with Gasteiger partial charge < -0.3 is 15.5 Å². The minimum absolute atomic E-state index is 0.0127. The zero-order valence-corrected chi connectivity index (χ0v) is 17.3. The van der Waals surface area contributed by atoms with Gasteiger partial charge in [-0.2, -0.15) is 26.3 Å². The van der Waals surface area contributed by atoms with Crippen molar-refractivity contribution in [2.75, 3.05) is 11.9 Å². The van der Waals surface area contributed by atoms with Gasteiger partial charge in [-0.05, 0) is 30.3 Å². The van der Waals surface area contributed by atoms with E-state index in [0.717, 1.165) is 24.7 Å². The van der Waals surface area contributed by atoms with E-state index in [0.29, 0.717) is 12.3 Å². The summed E-state index contributed by atoms with van der Waals surface area (Å²) in [6.07, 6.45) is -8.21. The number of aliphatic hydroxyl groups excluding tert-OH is 2. The van der Waals surface area contributed by atoms with Crippen LogP contribution >= 0.6 is 0 Å². The Kier molecular flexibility index (Phi) is 6.25. The Morgan fingerprint density at radius 2 is 1.66 bits per heavy atom. The number of aromatic nitrogens is 5. The molecule has 0 saturated heterocycles. The number of fused-ring (bicyclic) bond motifs is 1. The van der Waals surface area contributed by atoms with Crippen molar-refractivity contribution in [1.29, 1.82) is 0 Å². The lowest BCUT2D eigenvalue weighted by molar-refractivity contribution is -0.138. The maximum absolute atomic E-state index is 13.7. The molecule has 0 aromatic carbocycles. The fraction of sp³-hybridized carbons (Fsp3) is 0.190. The van der Waals surface area contributed by atoms with Crippen molar-refractivity contribution in [2.45, 2.75) is 18.5 Å². The van der Waals surface area contributed by atoms with E-state index in [-0.39, 0.29) is 33.9 Å². The molecular weight excluding hydrogens is 482 g/mol. The first kappa shape index (κ1) is 24.2. The highest BCUT2D eigenvalue weighted by atomic mass is 19.4. The van der Waals surface area contributed by atoms with Crippen molar-refractivity contribution >= 4 is 22.7 Å². The van der Waals surface area contributed by atoms with Gasteiger partial charge in [-0.15, -0.1) is 0 Å². The van der Waals surface area contributed by atoms with Crippen molar-refractivity contribution in [3.05, 3.63) is 65.7 Å². The zero-order chi connectivity index (χ0) is 25.4. The van der Waals surface area contributed by atoms with Crippen LogP contribution in [0.1, 0.15) is 22.8 Å². The monoisotopic (exact) mass is 496 g/mol. The Bertz CT molecular complexity index is 1360. The smallest absolute Gasteiger partial charge is 0.393 e. The van der Waals surface area contributed by atoms with Crippen LogP contribution in [0.25, 0.3) is 22.4 Å². The van der Waals surface area contributed by atoms with Gasteiger partial charge in [-0.1, -0.05) is 0 Å². The highest BCUT2D eigenvalue weighted by Gasteiger charge is 2.36. The SMILES string of the molecule is OC[C@@H](O)c1cnc(-c2ccc3c(Nc4ccc(C(F)(F)F)cn4)ncnc3n2)c(C(F)(F)F)c1. The van der Waals surface area contributed by atoms with Gasteiger partial charge in [0.15, 0.2) is 5.65 Å². The number of alkyl halides is 6. The molecule has 0 fully saturated rings. The normalized spacial score (nSPS) is 13.1. The number of anilines is 2. The average molecular weight is 496 g/mol. The Balaban J connectivity index is 1.72. The number of nitrogens with one attached hydrogen (secondary N) is 1. The standard InChI is InChI=1S/C21H14F6N6O2/c22-20(23,24)11-1-4-16(28-7-11)33-19-12-2-3-14(32-18(12)30-9-31-19)17-13(21(25,26)27)5-10(6-29-17)15(35)8-34/h1-7,9,15,34-35H,8H2,(H,28,30,31,32,33)/t15-/m1/s1. The second kappa shape index (κ2) is 9.03. The van der Waals surface area contributed by atoms with E-state index in [4.69, 9.17) is 5.11 Å². The molecule has 0 saturated carbocycles. The number of hydrogen-bond donors (Lipinski definition) is 3. The van der Waals surface area contributed by atoms with Crippen molar-refractivity contribution in [1.82, 2.24) is 24.9 Å². The van der Waals surface area contributed by atoms with E-state index in [1.807, 2.05) is 0 Å². The van der Waals surface area contributed by atoms with Crippen LogP contribution in [0.15, 0.2) is 49.1 Å². The van der Waals surface area contributed by atoms with E-state index >= 15 is 0 Å². The Morgan fingerprint density at radius 1 is 0.886 bits per heavy atom. The van der Waals surface area contributed by atoms with Crippen LogP contribution in [0.3, 0.4) is 0 Å². The molecule has 0 aliphatic rings. The molecule has 0 bridgehead atoms. The third-order valence-corrected chi connectivity index (χ3v) is 4.85. The largest absolute Gasteiger partial charge is 0.418 e. The summed E-state index contributed by atoms with van der Waals surface area (Å²) in [6, 6.07) is 5.23. The molecule has 3 N–H and O–H groups in total. The lowest BCUT2D eigenvalue weighted by Gasteiger charge is -2.15. The van der Waals surface area contributed by atoms with Gasteiger partial charge in [0.05, 0.1) is 28.8 Å². The summed E-state index contributed by atoms with van der Waals surface area (Å²) in [5.74, 6) is 0.160. The number of hydrogen-bond acceptors (Lipinski definition) is 8. The number of halogens is 6. The lowest BCUT2D eigenvalue weighted by Crippen LogP contribution is -2.12. The predicted molar refractivity (Wildman–Crippen MR) is 110 cm³/mol. The summed E-state index contributed by atoms with van der Waals surface area (Å²) in [5, 5.41) is 21.7. The average Bonchev–Trinajstić information content (AvgIpc) is 2.82. The summed E-state index contributed by atoms with van der Waals surface area (Å²) in [5.41, 5.74) is -3.04. The van der Waals surface area contributed by atoms with Crippen molar-refractivity contribution in [3.63, 3.8) is 0 Å². The summed E-state index contributed by atoms with van der Waals surface area (Å²) in [7, 11) is 0. The summed E-state index contributed by atoms with van der Waals surface area (Å²) >= 11 is 0. The molecule has 0 radical (unpaired) electrons. The molecule has 0 aliphatic carbocycles. The molecule has 0 spiro atoms. The van der Waals surface area contributed by atoms with E-state index in [2.05, 4.69) is 30.2 Å². The predicted octanol–water partition coefficient (Wildman–Crippen LogP) is 4.29. The van der Waals surface area contributed by atoms with Crippen molar-refractivity contribution in [2.24, 2.45) is 0 Å².